The molecule has 144 valence electrons. The van der Waals surface area contributed by atoms with Gasteiger partial charge in [0.25, 0.3) is 5.91 Å². The molecular weight excluding hydrogens is 344 g/mol. The van der Waals surface area contributed by atoms with E-state index in [2.05, 4.69) is 4.98 Å². The summed E-state index contributed by atoms with van der Waals surface area (Å²) in [6.45, 7) is 4.88. The first-order valence-corrected chi connectivity index (χ1v) is 9.29. The van der Waals surface area contributed by atoms with E-state index in [0.29, 0.717) is 24.9 Å². The van der Waals surface area contributed by atoms with Crippen LogP contribution >= 0.6 is 0 Å². The lowest BCUT2D eigenvalue weighted by atomic mass is 9.80. The molecule has 2 aromatic rings. The number of carboxylic acid groups (broad SMARTS) is 1. The average molecular weight is 370 g/mol. The van der Waals surface area contributed by atoms with Gasteiger partial charge in [0.05, 0.1) is 17.7 Å². The van der Waals surface area contributed by atoms with Crippen LogP contribution in [0.3, 0.4) is 0 Å². The number of rotatable bonds is 5. The molecule has 3 rings (SSSR count). The van der Waals surface area contributed by atoms with Gasteiger partial charge in [-0.1, -0.05) is 32.0 Å². The van der Waals surface area contributed by atoms with E-state index in [4.69, 9.17) is 4.74 Å². The van der Waals surface area contributed by atoms with Gasteiger partial charge in [0.15, 0.2) is 0 Å². The molecule has 1 aliphatic rings. The van der Waals surface area contributed by atoms with E-state index in [0.717, 1.165) is 16.6 Å². The maximum atomic E-state index is 13.4. The summed E-state index contributed by atoms with van der Waals surface area (Å²) in [5.74, 6) is -0.865. The quantitative estimate of drug-likeness (QED) is 0.873. The van der Waals surface area contributed by atoms with E-state index in [-0.39, 0.29) is 25.0 Å². The highest BCUT2D eigenvalue weighted by molar-refractivity contribution is 6.06. The molecule has 6 nitrogen and oxygen atoms in total. The Morgan fingerprint density at radius 2 is 2.07 bits per heavy atom. The maximum absolute atomic E-state index is 13.4. The topological polar surface area (TPSA) is 79.7 Å². The zero-order valence-corrected chi connectivity index (χ0v) is 16.1. The van der Waals surface area contributed by atoms with Gasteiger partial charge in [0.1, 0.15) is 5.41 Å². The molecule has 0 radical (unpaired) electrons. The molecule has 1 aromatic heterocycles. The van der Waals surface area contributed by atoms with Crippen LogP contribution < -0.4 is 0 Å². The summed E-state index contributed by atoms with van der Waals surface area (Å²) in [6, 6.07) is 9.44. The van der Waals surface area contributed by atoms with Gasteiger partial charge in [-0.3, -0.25) is 14.6 Å². The third-order valence-corrected chi connectivity index (χ3v) is 5.30. The molecule has 2 heterocycles. The largest absolute Gasteiger partial charge is 0.481 e. The molecular formula is C21H26N2O4. The molecule has 1 fully saturated rings. The number of ether oxygens (including phenoxy) is 1. The number of pyridine rings is 1. The van der Waals surface area contributed by atoms with Crippen molar-refractivity contribution >= 4 is 22.8 Å². The van der Waals surface area contributed by atoms with E-state index in [1.54, 1.807) is 4.90 Å². The second-order valence-electron chi connectivity index (χ2n) is 7.62. The maximum Gasteiger partial charge on any atom is 0.313 e. The molecule has 0 aliphatic carbocycles. The lowest BCUT2D eigenvalue weighted by Gasteiger charge is -2.39. The van der Waals surface area contributed by atoms with Crippen molar-refractivity contribution in [3.05, 3.63) is 41.6 Å². The minimum absolute atomic E-state index is 0.0977. The number of aliphatic carboxylic acids is 1. The highest BCUT2D eigenvalue weighted by Gasteiger charge is 2.44. The van der Waals surface area contributed by atoms with Crippen molar-refractivity contribution in [1.29, 1.82) is 0 Å². The smallest absolute Gasteiger partial charge is 0.313 e. The van der Waals surface area contributed by atoms with Gasteiger partial charge in [-0.2, -0.15) is 0 Å². The Labute approximate surface area is 159 Å². The van der Waals surface area contributed by atoms with Crippen LogP contribution in [-0.4, -0.2) is 53.7 Å². The van der Waals surface area contributed by atoms with Crippen molar-refractivity contribution in [2.75, 3.05) is 26.8 Å². The Morgan fingerprint density at radius 3 is 2.74 bits per heavy atom. The predicted molar refractivity (Wildman–Crippen MR) is 103 cm³/mol. The number of fused-ring (bicyclic) bond motifs is 1. The molecule has 0 bridgehead atoms. The molecule has 0 saturated carbocycles. The van der Waals surface area contributed by atoms with Crippen molar-refractivity contribution in [2.45, 2.75) is 32.6 Å². The number of amides is 1. The summed E-state index contributed by atoms with van der Waals surface area (Å²) in [7, 11) is 1.50. The van der Waals surface area contributed by atoms with Crippen LogP contribution in [0.1, 0.15) is 48.7 Å². The molecule has 1 aliphatic heterocycles. The van der Waals surface area contributed by atoms with Crippen molar-refractivity contribution in [3.63, 3.8) is 0 Å². The summed E-state index contributed by atoms with van der Waals surface area (Å²) < 4.78 is 5.17. The van der Waals surface area contributed by atoms with Crippen molar-refractivity contribution in [1.82, 2.24) is 9.88 Å². The first kappa shape index (κ1) is 19.3. The predicted octanol–water partition coefficient (Wildman–Crippen LogP) is 3.31. The number of methoxy groups -OCH3 is 1. The number of benzene rings is 1. The van der Waals surface area contributed by atoms with E-state index >= 15 is 0 Å². The zero-order chi connectivity index (χ0) is 19.6. The van der Waals surface area contributed by atoms with Crippen LogP contribution in [0.25, 0.3) is 10.9 Å². The third kappa shape index (κ3) is 3.67. The normalized spacial score (nSPS) is 20.2. The van der Waals surface area contributed by atoms with Crippen LogP contribution in [0.15, 0.2) is 30.3 Å². The number of carboxylic acids is 1. The van der Waals surface area contributed by atoms with Crippen molar-refractivity contribution in [2.24, 2.45) is 5.41 Å². The van der Waals surface area contributed by atoms with Crippen LogP contribution in [0.4, 0.5) is 0 Å². The fraction of sp³-hybridized carbons (Fsp3) is 0.476. The summed E-state index contributed by atoms with van der Waals surface area (Å²) in [6.07, 6.45) is 1.15. The van der Waals surface area contributed by atoms with Gasteiger partial charge in [-0.15, -0.1) is 0 Å². The number of piperidine rings is 1. The molecule has 1 amide bonds. The minimum Gasteiger partial charge on any atom is -0.481 e. The SMILES string of the molecule is COCC1(C(=O)O)CCCN(C(=O)c2cc(C(C)C)nc3ccccc23)C1. The molecule has 1 N–H and O–H groups in total. The molecule has 0 spiro atoms. The summed E-state index contributed by atoms with van der Waals surface area (Å²) in [5, 5.41) is 10.5. The van der Waals surface area contributed by atoms with Crippen LogP contribution in [0.5, 0.6) is 0 Å². The lowest BCUT2D eigenvalue weighted by molar-refractivity contribution is -0.155. The third-order valence-electron chi connectivity index (χ3n) is 5.30. The van der Waals surface area contributed by atoms with Crippen LogP contribution in [0.2, 0.25) is 0 Å². The van der Waals surface area contributed by atoms with Crippen molar-refractivity contribution < 1.29 is 19.4 Å². The second kappa shape index (κ2) is 7.64. The fourth-order valence-corrected chi connectivity index (χ4v) is 3.77. The molecule has 27 heavy (non-hydrogen) atoms. The number of carbonyl (C=O) groups is 2. The molecule has 1 aromatic carbocycles. The first-order chi connectivity index (χ1) is 12.9. The Balaban J connectivity index is 2.01. The van der Waals surface area contributed by atoms with Gasteiger partial charge < -0.3 is 14.7 Å². The van der Waals surface area contributed by atoms with E-state index < -0.39 is 11.4 Å². The number of hydrogen-bond donors (Lipinski definition) is 1. The monoisotopic (exact) mass is 370 g/mol. The number of hydrogen-bond acceptors (Lipinski definition) is 4. The molecule has 1 atom stereocenters. The first-order valence-electron chi connectivity index (χ1n) is 9.29. The second-order valence-corrected chi connectivity index (χ2v) is 7.62. The number of carbonyl (C=O) groups excluding carboxylic acids is 1. The number of aromatic nitrogens is 1. The van der Waals surface area contributed by atoms with Gasteiger partial charge in [0.2, 0.25) is 0 Å². The van der Waals surface area contributed by atoms with Gasteiger partial charge in [0, 0.05) is 31.3 Å². The number of para-hydroxylation sites is 1. The Hall–Kier alpha value is -2.47. The standard InChI is InChI=1S/C21H26N2O4/c1-14(2)18-11-16(15-7-4-5-8-17(15)22-18)19(24)23-10-6-9-21(12-23,13-27-3)20(25)26/h4-5,7-8,11,14H,6,9-10,12-13H2,1-3H3,(H,25,26). The number of nitrogens with zero attached hydrogens (tertiary/aromatic N) is 2. The molecule has 1 saturated heterocycles. The lowest BCUT2D eigenvalue weighted by Crippen LogP contribution is -2.52. The van der Waals surface area contributed by atoms with E-state index in [1.807, 2.05) is 44.2 Å². The Bertz CT molecular complexity index is 860. The van der Waals surface area contributed by atoms with Crippen LogP contribution in [0, 0.1) is 5.41 Å². The van der Waals surface area contributed by atoms with Crippen molar-refractivity contribution in [3.8, 4) is 0 Å². The summed E-state index contributed by atoms with van der Waals surface area (Å²) in [4.78, 5) is 31.6. The van der Waals surface area contributed by atoms with E-state index in [1.165, 1.54) is 7.11 Å². The Kier molecular flexibility index (Phi) is 5.46. The fourth-order valence-electron chi connectivity index (χ4n) is 3.77. The average Bonchev–Trinajstić information content (AvgIpc) is 2.66. The summed E-state index contributed by atoms with van der Waals surface area (Å²) >= 11 is 0. The highest BCUT2D eigenvalue weighted by Crippen LogP contribution is 2.32. The van der Waals surface area contributed by atoms with E-state index in [9.17, 15) is 14.7 Å². The van der Waals surface area contributed by atoms with Gasteiger partial charge in [-0.25, -0.2) is 0 Å². The Morgan fingerprint density at radius 1 is 1.33 bits per heavy atom. The molecule has 6 heteroatoms. The minimum atomic E-state index is -1.05. The zero-order valence-electron chi connectivity index (χ0n) is 16.1. The number of likely N-dealkylation sites (tertiary alicyclic amines) is 1. The van der Waals surface area contributed by atoms with Crippen LogP contribution in [-0.2, 0) is 9.53 Å². The van der Waals surface area contributed by atoms with Gasteiger partial charge >= 0.3 is 5.97 Å². The van der Waals surface area contributed by atoms with Gasteiger partial charge in [-0.05, 0) is 30.9 Å². The highest BCUT2D eigenvalue weighted by atomic mass is 16.5. The summed E-state index contributed by atoms with van der Waals surface area (Å²) in [5.41, 5.74) is 1.18. The molecule has 1 unspecified atom stereocenters.